The maximum Gasteiger partial charge on any atom is 0.264 e. The van der Waals surface area contributed by atoms with Crippen LogP contribution in [0.2, 0.25) is 0 Å². The van der Waals surface area contributed by atoms with Crippen LogP contribution in [0.3, 0.4) is 0 Å². The molecule has 0 aliphatic rings. The monoisotopic (exact) mass is 289 g/mol. The Morgan fingerprint density at radius 2 is 1.68 bits per heavy atom. The van der Waals surface area contributed by atoms with E-state index >= 15 is 0 Å². The number of ether oxygens (including phenoxy) is 2. The molecule has 108 valence electrons. The minimum absolute atomic E-state index is 0.0868. The first-order chi connectivity index (χ1) is 8.97. The molecule has 0 aliphatic carbocycles. The van der Waals surface area contributed by atoms with Crippen LogP contribution in [-0.4, -0.2) is 40.3 Å². The van der Waals surface area contributed by atoms with E-state index in [1.54, 1.807) is 6.07 Å². The lowest BCUT2D eigenvalue weighted by Gasteiger charge is -2.16. The maximum absolute atomic E-state index is 12.1. The van der Waals surface area contributed by atoms with Crippen LogP contribution in [0.15, 0.2) is 23.1 Å². The first-order valence-electron chi connectivity index (χ1n) is 5.90. The molecule has 0 bridgehead atoms. The van der Waals surface area contributed by atoms with Crippen molar-refractivity contribution in [2.75, 3.05) is 27.4 Å². The molecule has 0 saturated heterocycles. The summed E-state index contributed by atoms with van der Waals surface area (Å²) in [4.78, 5) is 4.81. The van der Waals surface area contributed by atoms with Gasteiger partial charge in [0.15, 0.2) is 11.5 Å². The highest BCUT2D eigenvalue weighted by Crippen LogP contribution is 2.31. The summed E-state index contributed by atoms with van der Waals surface area (Å²) in [7, 11) is -1.07. The molecule has 7 heteroatoms. The average Bonchev–Trinajstić information content (AvgIpc) is 2.40. The highest BCUT2D eigenvalue weighted by molar-refractivity contribution is 7.89. The Bertz CT molecular complexity index is 515. The lowest BCUT2D eigenvalue weighted by Crippen LogP contribution is -2.25. The Kier molecular flexibility index (Phi) is 5.59. The average molecular weight is 289 g/mol. The van der Waals surface area contributed by atoms with Crippen LogP contribution < -0.4 is 9.47 Å². The summed E-state index contributed by atoms with van der Waals surface area (Å²) in [6.45, 7) is 4.56. The zero-order valence-electron chi connectivity index (χ0n) is 11.5. The fraction of sp³-hybridized carbons (Fsp3) is 0.500. The lowest BCUT2D eigenvalue weighted by atomic mass is 10.3. The summed E-state index contributed by atoms with van der Waals surface area (Å²) < 4.78 is 35.7. The summed E-state index contributed by atoms with van der Waals surface area (Å²) in [5.41, 5.74) is 0. The van der Waals surface area contributed by atoms with Crippen molar-refractivity contribution in [3.8, 4) is 11.5 Å². The molecule has 6 nitrogen and oxygen atoms in total. The van der Waals surface area contributed by atoms with Crippen LogP contribution in [0, 0.1) is 0 Å². The molecule has 0 unspecified atom stereocenters. The Morgan fingerprint density at radius 1 is 1.11 bits per heavy atom. The van der Waals surface area contributed by atoms with E-state index in [-0.39, 0.29) is 4.90 Å². The summed E-state index contributed by atoms with van der Waals surface area (Å²) >= 11 is 0. The molecular formula is C12H19NO5S. The molecule has 0 heterocycles. The molecule has 0 atom stereocenters. The van der Waals surface area contributed by atoms with Crippen LogP contribution in [0.1, 0.15) is 13.8 Å². The Balaban J connectivity index is 3.21. The van der Waals surface area contributed by atoms with Crippen molar-refractivity contribution in [3.05, 3.63) is 18.2 Å². The molecule has 0 radical (unpaired) electrons. The first-order valence-corrected chi connectivity index (χ1v) is 7.34. The fourth-order valence-corrected chi connectivity index (χ4v) is 2.43. The number of rotatable bonds is 7. The zero-order chi connectivity index (χ0) is 14.5. The minimum atomic E-state index is -3.69. The molecule has 0 fully saturated rings. The predicted octanol–water partition coefficient (Wildman–Crippen LogP) is 1.67. The summed E-state index contributed by atoms with van der Waals surface area (Å²) in [6.07, 6.45) is 0. The van der Waals surface area contributed by atoms with E-state index in [0.29, 0.717) is 24.7 Å². The van der Waals surface area contributed by atoms with E-state index in [0.717, 1.165) is 4.47 Å². The topological polar surface area (TPSA) is 65.1 Å². The number of sulfonamides is 1. The van der Waals surface area contributed by atoms with Gasteiger partial charge in [0.05, 0.1) is 25.2 Å². The predicted molar refractivity (Wildman–Crippen MR) is 70.7 cm³/mol. The van der Waals surface area contributed by atoms with Crippen LogP contribution >= 0.6 is 0 Å². The lowest BCUT2D eigenvalue weighted by molar-refractivity contribution is -0.0258. The largest absolute Gasteiger partial charge is 0.490 e. The highest BCUT2D eigenvalue weighted by atomic mass is 32.2. The third-order valence-corrected chi connectivity index (χ3v) is 4.08. The molecule has 0 saturated carbocycles. The van der Waals surface area contributed by atoms with Gasteiger partial charge in [-0.05, 0) is 26.0 Å². The van der Waals surface area contributed by atoms with Gasteiger partial charge < -0.3 is 9.47 Å². The first kappa shape index (κ1) is 15.7. The Labute approximate surface area is 113 Å². The number of hydrogen-bond donors (Lipinski definition) is 0. The summed E-state index contributed by atoms with van der Waals surface area (Å²) in [5.74, 6) is 0.915. The smallest absolute Gasteiger partial charge is 0.264 e. The third kappa shape index (κ3) is 3.59. The highest BCUT2D eigenvalue weighted by Gasteiger charge is 2.22. The van der Waals surface area contributed by atoms with E-state index in [1.807, 2.05) is 13.8 Å². The van der Waals surface area contributed by atoms with Gasteiger partial charge in [-0.1, -0.05) is 4.47 Å². The van der Waals surface area contributed by atoms with Crippen molar-refractivity contribution in [1.29, 1.82) is 0 Å². The van der Waals surface area contributed by atoms with Crippen LogP contribution in [0.5, 0.6) is 11.5 Å². The molecule has 1 aromatic carbocycles. The molecule has 1 rings (SSSR count). The van der Waals surface area contributed by atoms with Gasteiger partial charge in [-0.15, -0.1) is 0 Å². The maximum atomic E-state index is 12.1. The van der Waals surface area contributed by atoms with Gasteiger partial charge in [0, 0.05) is 13.1 Å². The van der Waals surface area contributed by atoms with Crippen LogP contribution in [-0.2, 0) is 14.9 Å². The molecule has 0 N–H and O–H groups in total. The zero-order valence-corrected chi connectivity index (χ0v) is 12.4. The fourth-order valence-electron chi connectivity index (χ4n) is 1.44. The quantitative estimate of drug-likeness (QED) is 0.714. The van der Waals surface area contributed by atoms with Crippen molar-refractivity contribution < 1.29 is 22.7 Å². The van der Waals surface area contributed by atoms with Gasteiger partial charge in [0.25, 0.3) is 10.0 Å². The van der Waals surface area contributed by atoms with E-state index in [2.05, 4.69) is 0 Å². The standard InChI is InChI=1S/C12H19NO5S/c1-5-17-11-8-7-10(9-12(11)18-6-2)19(14,15)13(3)16-4/h7-9H,5-6H2,1-4H3. The van der Waals surface area contributed by atoms with Gasteiger partial charge in [-0.2, -0.15) is 0 Å². The number of hydrogen-bond acceptors (Lipinski definition) is 5. The van der Waals surface area contributed by atoms with Crippen molar-refractivity contribution in [2.45, 2.75) is 18.7 Å². The molecule has 0 aromatic heterocycles. The van der Waals surface area contributed by atoms with Gasteiger partial charge in [0.2, 0.25) is 0 Å². The van der Waals surface area contributed by atoms with Gasteiger partial charge in [-0.25, -0.2) is 8.42 Å². The van der Waals surface area contributed by atoms with E-state index in [4.69, 9.17) is 14.3 Å². The summed E-state index contributed by atoms with van der Waals surface area (Å²) in [5, 5.41) is 0. The van der Waals surface area contributed by atoms with E-state index in [9.17, 15) is 8.42 Å². The van der Waals surface area contributed by atoms with Crippen LogP contribution in [0.4, 0.5) is 0 Å². The second-order valence-electron chi connectivity index (χ2n) is 3.57. The second kappa shape index (κ2) is 6.74. The molecule has 0 amide bonds. The molecule has 0 aliphatic heterocycles. The number of nitrogens with zero attached hydrogens (tertiary/aromatic N) is 1. The molecule has 19 heavy (non-hydrogen) atoms. The number of benzene rings is 1. The third-order valence-electron chi connectivity index (χ3n) is 2.41. The van der Waals surface area contributed by atoms with Crippen molar-refractivity contribution in [3.63, 3.8) is 0 Å². The number of hydroxylamine groups is 1. The van der Waals surface area contributed by atoms with Gasteiger partial charge >= 0.3 is 0 Å². The minimum Gasteiger partial charge on any atom is -0.490 e. The van der Waals surface area contributed by atoms with Gasteiger partial charge in [-0.3, -0.25) is 4.84 Å². The Morgan fingerprint density at radius 3 is 2.21 bits per heavy atom. The van der Waals surface area contributed by atoms with E-state index in [1.165, 1.54) is 26.3 Å². The summed E-state index contributed by atoms with van der Waals surface area (Å²) in [6, 6.07) is 4.46. The van der Waals surface area contributed by atoms with Crippen molar-refractivity contribution in [1.82, 2.24) is 4.47 Å². The molecular weight excluding hydrogens is 270 g/mol. The second-order valence-corrected chi connectivity index (χ2v) is 5.51. The van der Waals surface area contributed by atoms with E-state index < -0.39 is 10.0 Å². The molecule has 0 spiro atoms. The van der Waals surface area contributed by atoms with Gasteiger partial charge in [0.1, 0.15) is 0 Å². The Hall–Kier alpha value is -1.31. The molecule has 1 aromatic rings. The van der Waals surface area contributed by atoms with Crippen molar-refractivity contribution >= 4 is 10.0 Å². The normalized spacial score (nSPS) is 11.6. The van der Waals surface area contributed by atoms with Crippen LogP contribution in [0.25, 0.3) is 0 Å². The van der Waals surface area contributed by atoms with Crippen molar-refractivity contribution in [2.24, 2.45) is 0 Å². The SMILES string of the molecule is CCOc1ccc(S(=O)(=O)N(C)OC)cc1OCC.